The van der Waals surface area contributed by atoms with Crippen molar-refractivity contribution in [1.82, 2.24) is 15.0 Å². The van der Waals surface area contributed by atoms with E-state index in [2.05, 4.69) is 140 Å². The van der Waals surface area contributed by atoms with Crippen molar-refractivity contribution < 1.29 is 0 Å². The second-order valence-electron chi connectivity index (χ2n) is 14.6. The SMILES string of the molecule is c1ccc(-c2nc(-c3ccccc3)nc(-c3ccc(-c4cccc5c4sc4c6c(ccc45)-c4ccccc4[SiH-]6(c4ccccc4)c4ccccc4)cc3)n2)cc1. The van der Waals surface area contributed by atoms with Gasteiger partial charge in [-0.15, -0.1) is 0 Å². The molecule has 0 spiro atoms. The molecule has 0 radical (unpaired) electrons. The van der Waals surface area contributed by atoms with Crippen molar-refractivity contribution in [2.45, 2.75) is 0 Å². The summed E-state index contributed by atoms with van der Waals surface area (Å²) < 4.78 is 2.72. The Kier molecular flexibility index (Phi) is 7.69. The Bertz CT molecular complexity index is 2960. The van der Waals surface area contributed by atoms with E-state index in [4.69, 9.17) is 15.0 Å². The molecule has 1 aliphatic heterocycles. The van der Waals surface area contributed by atoms with E-state index in [-0.39, 0.29) is 0 Å². The maximum Gasteiger partial charge on any atom is -0.0512 e. The van der Waals surface area contributed by atoms with Gasteiger partial charge < -0.3 is 0 Å². The Labute approximate surface area is 330 Å². The monoisotopic (exact) mass is 748 g/mol. The Morgan fingerprint density at radius 2 is 0.786 bits per heavy atom. The molecule has 0 saturated carbocycles. The fraction of sp³-hybridized carbons (Fsp3) is 0. The maximum absolute atomic E-state index is 4.98. The van der Waals surface area contributed by atoms with E-state index in [9.17, 15) is 0 Å². The minimum Gasteiger partial charge on any atom is -0.0615 e. The van der Waals surface area contributed by atoms with Gasteiger partial charge in [0.15, 0.2) is 0 Å². The summed E-state index contributed by atoms with van der Waals surface area (Å²) in [6.07, 6.45) is 0. The van der Waals surface area contributed by atoms with Crippen LogP contribution in [0.1, 0.15) is 0 Å². The van der Waals surface area contributed by atoms with Crippen molar-refractivity contribution in [2.24, 2.45) is 0 Å². The van der Waals surface area contributed by atoms with E-state index >= 15 is 0 Å². The van der Waals surface area contributed by atoms with Crippen LogP contribution in [0.5, 0.6) is 0 Å². The third-order valence-corrected chi connectivity index (χ3v) is 18.8. The molecule has 3 nitrogen and oxygen atoms in total. The molecular formula is C51H34N3SSi-. The van der Waals surface area contributed by atoms with Crippen LogP contribution in [0.2, 0.25) is 0 Å². The number of benzene rings is 8. The third kappa shape index (κ3) is 5.05. The van der Waals surface area contributed by atoms with E-state index in [0.29, 0.717) is 17.5 Å². The standard InChI is InChI=1S/C51H34N3SSi/c1-5-16-35(17-6-1)49-52-50(36-18-7-2-8-19-36)54-51(53-49)37-30-28-34(29-31-37)40-25-15-26-42-43-32-33-44-41-24-13-14-27-45(41)56(38-20-9-3-10-21-38,39-22-11-4-12-23-39)48(44)47(43)55-46(40)42/h1-33,56H/q-1. The van der Waals surface area contributed by atoms with E-state index in [0.717, 1.165) is 16.7 Å². The van der Waals surface area contributed by atoms with Gasteiger partial charge in [0.2, 0.25) is 0 Å². The fourth-order valence-electron chi connectivity index (χ4n) is 9.16. The number of hydrogen-bond donors (Lipinski definition) is 0. The predicted molar refractivity (Wildman–Crippen MR) is 238 cm³/mol. The van der Waals surface area contributed by atoms with Gasteiger partial charge in [-0.25, -0.2) is 4.98 Å². The summed E-state index contributed by atoms with van der Waals surface area (Å²) in [4.78, 5) is 14.8. The molecule has 10 aromatic rings. The first-order chi connectivity index (χ1) is 27.8. The maximum atomic E-state index is 4.98. The first-order valence-corrected chi connectivity index (χ1v) is 22.2. The van der Waals surface area contributed by atoms with Gasteiger partial charge in [-0.3, -0.25) is 0 Å². The summed E-state index contributed by atoms with van der Waals surface area (Å²) in [6, 6.07) is 72.4. The molecule has 264 valence electrons. The Morgan fingerprint density at radius 1 is 0.321 bits per heavy atom. The Hall–Kier alpha value is -6.79. The molecule has 8 aromatic carbocycles. The molecular weight excluding hydrogens is 715 g/mol. The van der Waals surface area contributed by atoms with Gasteiger partial charge in [0.1, 0.15) is 0 Å². The molecule has 56 heavy (non-hydrogen) atoms. The van der Waals surface area contributed by atoms with Crippen LogP contribution in [-0.2, 0) is 0 Å². The van der Waals surface area contributed by atoms with Crippen LogP contribution in [0.3, 0.4) is 0 Å². The van der Waals surface area contributed by atoms with Crippen molar-refractivity contribution in [1.29, 1.82) is 0 Å². The molecule has 1 aliphatic rings. The molecule has 0 fully saturated rings. The summed E-state index contributed by atoms with van der Waals surface area (Å²) in [5, 5.41) is 8.56. The van der Waals surface area contributed by atoms with Crippen molar-refractivity contribution in [2.75, 3.05) is 0 Å². The number of aromatic nitrogens is 3. The first kappa shape index (κ1) is 32.6. The zero-order valence-corrected chi connectivity index (χ0v) is 32.4. The summed E-state index contributed by atoms with van der Waals surface area (Å²) in [6.45, 7) is 0. The smallest absolute Gasteiger partial charge is 0.0512 e. The average Bonchev–Trinajstić information content (AvgIpc) is 3.82. The molecule has 0 atom stereocenters. The fourth-order valence-corrected chi connectivity index (χ4v) is 17.2. The molecule has 0 N–H and O–H groups in total. The summed E-state index contributed by atoms with van der Waals surface area (Å²) in [5.41, 5.74) is 8.03. The molecule has 0 unspecified atom stereocenters. The van der Waals surface area contributed by atoms with E-state index in [1.807, 2.05) is 72.0 Å². The second kappa shape index (κ2) is 13.2. The van der Waals surface area contributed by atoms with Crippen LogP contribution in [-0.4, -0.2) is 23.0 Å². The molecule has 0 saturated heterocycles. The minimum atomic E-state index is -3.10. The largest absolute Gasteiger partial charge is 0.0615 e. The molecule has 11 rings (SSSR count). The molecule has 0 amide bonds. The number of rotatable bonds is 6. The molecule has 0 aliphatic carbocycles. The number of thiophene rings is 1. The third-order valence-electron chi connectivity index (χ3n) is 11.6. The van der Waals surface area contributed by atoms with Gasteiger partial charge in [0.25, 0.3) is 0 Å². The van der Waals surface area contributed by atoms with Gasteiger partial charge in [-0.2, -0.15) is 0 Å². The molecule has 3 heterocycles. The number of hydrogen-bond acceptors (Lipinski definition) is 4. The normalized spacial score (nSPS) is 13.4. The average molecular weight is 749 g/mol. The van der Waals surface area contributed by atoms with Gasteiger partial charge in [-0.1, -0.05) is 60.7 Å². The molecule has 5 heteroatoms. The van der Waals surface area contributed by atoms with Crippen LogP contribution < -0.4 is 20.7 Å². The zero-order valence-electron chi connectivity index (χ0n) is 30.4. The van der Waals surface area contributed by atoms with Gasteiger partial charge in [-0.05, 0) is 0 Å². The Balaban J connectivity index is 1.08. The van der Waals surface area contributed by atoms with Crippen LogP contribution in [0.25, 0.3) is 76.6 Å². The molecule has 0 bridgehead atoms. The number of fused-ring (bicyclic) bond motifs is 7. The quantitative estimate of drug-likeness (QED) is 0.159. The van der Waals surface area contributed by atoms with E-state index in [1.54, 1.807) is 0 Å². The molecule has 2 aromatic heterocycles. The van der Waals surface area contributed by atoms with Crippen LogP contribution >= 0.6 is 11.3 Å². The van der Waals surface area contributed by atoms with Crippen molar-refractivity contribution >= 4 is 60.3 Å². The summed E-state index contributed by atoms with van der Waals surface area (Å²) in [7, 11) is -3.10. The van der Waals surface area contributed by atoms with Crippen LogP contribution in [0.4, 0.5) is 0 Å². The van der Waals surface area contributed by atoms with Crippen molar-refractivity contribution in [3.63, 3.8) is 0 Å². The second-order valence-corrected chi connectivity index (χ2v) is 19.9. The summed E-state index contributed by atoms with van der Waals surface area (Å²) >= 11 is 1.96. The van der Waals surface area contributed by atoms with E-state index < -0.39 is 8.07 Å². The topological polar surface area (TPSA) is 38.7 Å². The van der Waals surface area contributed by atoms with Gasteiger partial charge >= 0.3 is 255 Å². The van der Waals surface area contributed by atoms with Crippen LogP contribution in [0.15, 0.2) is 200 Å². The van der Waals surface area contributed by atoms with Crippen LogP contribution in [0, 0.1) is 0 Å². The van der Waals surface area contributed by atoms with Crippen molar-refractivity contribution in [3.05, 3.63) is 200 Å². The van der Waals surface area contributed by atoms with E-state index in [1.165, 1.54) is 63.2 Å². The van der Waals surface area contributed by atoms with Gasteiger partial charge in [0.05, 0.1) is 0 Å². The number of nitrogens with zero attached hydrogens (tertiary/aromatic N) is 3. The van der Waals surface area contributed by atoms with Gasteiger partial charge in [0, 0.05) is 11.1 Å². The Morgan fingerprint density at radius 3 is 1.38 bits per heavy atom. The van der Waals surface area contributed by atoms with Crippen molar-refractivity contribution in [3.8, 4) is 56.4 Å². The predicted octanol–water partition coefficient (Wildman–Crippen LogP) is 10.00. The zero-order chi connectivity index (χ0) is 37.1. The summed E-state index contributed by atoms with van der Waals surface area (Å²) in [5.74, 6) is 1.98. The minimum absolute atomic E-state index is 0.656. The first-order valence-electron chi connectivity index (χ1n) is 19.1.